The fourth-order valence-corrected chi connectivity index (χ4v) is 2.03. The molecule has 0 aliphatic rings. The number of nitrogens with one attached hydrogen (secondary N) is 1. The van der Waals surface area contributed by atoms with Crippen molar-refractivity contribution in [1.82, 2.24) is 0 Å². The Hall–Kier alpha value is -2.59. The number of nitrogens with zero attached hydrogens (tertiary/aromatic N) is 1. The molecule has 0 bridgehead atoms. The van der Waals surface area contributed by atoms with Crippen molar-refractivity contribution in [2.75, 3.05) is 5.32 Å². The van der Waals surface area contributed by atoms with Crippen molar-refractivity contribution in [2.24, 2.45) is 4.99 Å². The summed E-state index contributed by atoms with van der Waals surface area (Å²) in [6, 6.07) is 12.3. The highest BCUT2D eigenvalue weighted by Crippen LogP contribution is 2.36. The van der Waals surface area contributed by atoms with Crippen molar-refractivity contribution in [2.45, 2.75) is 19.1 Å². The van der Waals surface area contributed by atoms with E-state index in [9.17, 15) is 18.0 Å². The molecule has 22 heavy (non-hydrogen) atoms. The third kappa shape index (κ3) is 3.74. The van der Waals surface area contributed by atoms with Gasteiger partial charge in [-0.25, -0.2) is 4.79 Å². The fourth-order valence-electron chi connectivity index (χ4n) is 2.03. The lowest BCUT2D eigenvalue weighted by atomic mass is 10.1. The Morgan fingerprint density at radius 1 is 1.14 bits per heavy atom. The Kier molecular flexibility index (Phi) is 4.63. The summed E-state index contributed by atoms with van der Waals surface area (Å²) in [6.07, 6.45) is -3.21. The van der Waals surface area contributed by atoms with E-state index < -0.39 is 11.7 Å². The second-order valence-corrected chi connectivity index (χ2v) is 4.71. The molecule has 0 amide bonds. The minimum Gasteiger partial charge on any atom is -0.377 e. The molecule has 2 rings (SSSR count). The molecule has 6 heteroatoms. The maximum absolute atomic E-state index is 12.7. The summed E-state index contributed by atoms with van der Waals surface area (Å²) in [5.41, 5.74) is 0.350. The van der Waals surface area contributed by atoms with Gasteiger partial charge in [-0.3, -0.25) is 0 Å². The molecule has 0 spiro atoms. The van der Waals surface area contributed by atoms with E-state index >= 15 is 0 Å². The normalized spacial score (nSPS) is 12.4. The maximum Gasteiger partial charge on any atom is 0.416 e. The van der Waals surface area contributed by atoms with Crippen molar-refractivity contribution >= 4 is 17.5 Å². The van der Waals surface area contributed by atoms with E-state index in [1.165, 1.54) is 12.1 Å². The van der Waals surface area contributed by atoms with Gasteiger partial charge in [-0.1, -0.05) is 30.3 Å². The highest BCUT2D eigenvalue weighted by atomic mass is 19.4. The molecule has 0 heterocycles. The monoisotopic (exact) mass is 306 g/mol. The predicted molar refractivity (Wildman–Crippen MR) is 77.7 cm³/mol. The minimum atomic E-state index is -4.49. The minimum absolute atomic E-state index is 0.0902. The van der Waals surface area contributed by atoms with Gasteiger partial charge < -0.3 is 5.32 Å². The average molecular weight is 306 g/mol. The van der Waals surface area contributed by atoms with Crippen LogP contribution in [0.3, 0.4) is 0 Å². The van der Waals surface area contributed by atoms with E-state index in [1.807, 2.05) is 37.3 Å². The SMILES string of the molecule is CC(Nc1ccc(C(F)(F)F)cc1N=C=O)c1ccccc1. The smallest absolute Gasteiger partial charge is 0.377 e. The summed E-state index contributed by atoms with van der Waals surface area (Å²) in [5.74, 6) is 0. The molecule has 1 unspecified atom stereocenters. The zero-order valence-corrected chi connectivity index (χ0v) is 11.7. The standard InChI is InChI=1S/C16H13F3N2O/c1-11(12-5-3-2-4-6-12)21-14-8-7-13(16(17,18)19)9-15(14)20-10-22/h2-9,11,21H,1H3. The van der Waals surface area contributed by atoms with Gasteiger partial charge in [-0.05, 0) is 30.7 Å². The molecular weight excluding hydrogens is 293 g/mol. The second kappa shape index (κ2) is 6.45. The first-order valence-corrected chi connectivity index (χ1v) is 6.52. The van der Waals surface area contributed by atoms with Crippen LogP contribution in [0.5, 0.6) is 0 Å². The van der Waals surface area contributed by atoms with Crippen LogP contribution in [0.15, 0.2) is 53.5 Å². The van der Waals surface area contributed by atoms with E-state index in [1.54, 1.807) is 0 Å². The largest absolute Gasteiger partial charge is 0.416 e. The van der Waals surface area contributed by atoms with E-state index in [0.717, 1.165) is 17.7 Å². The van der Waals surface area contributed by atoms with Gasteiger partial charge in [-0.15, -0.1) is 0 Å². The first-order valence-electron chi connectivity index (χ1n) is 6.52. The summed E-state index contributed by atoms with van der Waals surface area (Å²) in [6.45, 7) is 1.86. The van der Waals surface area contributed by atoms with Crippen molar-refractivity contribution in [1.29, 1.82) is 0 Å². The quantitative estimate of drug-likeness (QED) is 0.648. The van der Waals surface area contributed by atoms with Gasteiger partial charge in [0.2, 0.25) is 6.08 Å². The predicted octanol–water partition coefficient (Wildman–Crippen LogP) is 4.85. The number of alkyl halides is 3. The molecular formula is C16H13F3N2O. The Bertz CT molecular complexity index is 692. The third-order valence-electron chi connectivity index (χ3n) is 3.16. The molecule has 114 valence electrons. The number of aliphatic imine (C=N–C) groups is 1. The van der Waals surface area contributed by atoms with E-state index in [4.69, 9.17) is 0 Å². The molecule has 1 atom stereocenters. The van der Waals surface area contributed by atoms with Crippen molar-refractivity contribution in [3.05, 3.63) is 59.7 Å². The number of halogens is 3. The number of anilines is 1. The summed E-state index contributed by atoms with van der Waals surface area (Å²) in [7, 11) is 0. The Morgan fingerprint density at radius 3 is 2.41 bits per heavy atom. The second-order valence-electron chi connectivity index (χ2n) is 4.71. The Balaban J connectivity index is 2.33. The van der Waals surface area contributed by atoms with E-state index in [0.29, 0.717) is 5.69 Å². The summed E-state index contributed by atoms with van der Waals surface area (Å²) >= 11 is 0. The average Bonchev–Trinajstić information content (AvgIpc) is 2.49. The number of hydrogen-bond donors (Lipinski definition) is 1. The first kappa shape index (κ1) is 15.8. The van der Waals surface area contributed by atoms with Crippen LogP contribution in [0, 0.1) is 0 Å². The first-order chi connectivity index (χ1) is 10.4. The molecule has 2 aromatic carbocycles. The molecule has 3 nitrogen and oxygen atoms in total. The molecule has 0 radical (unpaired) electrons. The summed E-state index contributed by atoms with van der Waals surface area (Å²) < 4.78 is 38.1. The van der Waals surface area contributed by atoms with Gasteiger partial charge >= 0.3 is 6.18 Å². The fraction of sp³-hybridized carbons (Fsp3) is 0.188. The van der Waals surface area contributed by atoms with Gasteiger partial charge in [0.15, 0.2) is 0 Å². The summed E-state index contributed by atoms with van der Waals surface area (Å²) in [4.78, 5) is 13.8. The highest BCUT2D eigenvalue weighted by Gasteiger charge is 2.31. The van der Waals surface area contributed by atoms with E-state index in [-0.39, 0.29) is 11.7 Å². The molecule has 2 aromatic rings. The van der Waals surface area contributed by atoms with Crippen molar-refractivity contribution in [3.63, 3.8) is 0 Å². The van der Waals surface area contributed by atoms with Crippen LogP contribution >= 0.6 is 0 Å². The van der Waals surface area contributed by atoms with Crippen LogP contribution in [0.1, 0.15) is 24.1 Å². The third-order valence-corrected chi connectivity index (χ3v) is 3.16. The molecule has 0 saturated heterocycles. The van der Waals surface area contributed by atoms with Gasteiger partial charge in [0.25, 0.3) is 0 Å². The molecule has 0 aliphatic heterocycles. The lowest BCUT2D eigenvalue weighted by Gasteiger charge is -2.18. The zero-order valence-electron chi connectivity index (χ0n) is 11.7. The number of isocyanates is 1. The number of hydrogen-bond acceptors (Lipinski definition) is 3. The Morgan fingerprint density at radius 2 is 1.82 bits per heavy atom. The topological polar surface area (TPSA) is 41.5 Å². The number of carbonyl (C=O) groups excluding carboxylic acids is 1. The summed E-state index contributed by atoms with van der Waals surface area (Å²) in [5, 5.41) is 3.05. The number of benzene rings is 2. The van der Waals surface area contributed by atoms with Crippen LogP contribution < -0.4 is 5.32 Å². The molecule has 1 N–H and O–H groups in total. The van der Waals surface area contributed by atoms with Gasteiger partial charge in [-0.2, -0.15) is 18.2 Å². The molecule has 0 saturated carbocycles. The lowest BCUT2D eigenvalue weighted by molar-refractivity contribution is -0.137. The van der Waals surface area contributed by atoms with Crippen molar-refractivity contribution < 1.29 is 18.0 Å². The van der Waals surface area contributed by atoms with Gasteiger partial charge in [0, 0.05) is 6.04 Å². The van der Waals surface area contributed by atoms with E-state index in [2.05, 4.69) is 10.3 Å². The maximum atomic E-state index is 12.7. The number of rotatable bonds is 4. The van der Waals surface area contributed by atoms with Crippen LogP contribution in [-0.4, -0.2) is 6.08 Å². The highest BCUT2D eigenvalue weighted by molar-refractivity contribution is 5.70. The molecule has 0 aromatic heterocycles. The van der Waals surface area contributed by atoms with Gasteiger partial charge in [0.1, 0.15) is 0 Å². The van der Waals surface area contributed by atoms with Crippen LogP contribution in [0.2, 0.25) is 0 Å². The zero-order chi connectivity index (χ0) is 16.2. The van der Waals surface area contributed by atoms with Crippen molar-refractivity contribution in [3.8, 4) is 0 Å². The van der Waals surface area contributed by atoms with Crippen LogP contribution in [0.25, 0.3) is 0 Å². The van der Waals surface area contributed by atoms with Crippen LogP contribution in [0.4, 0.5) is 24.5 Å². The molecule has 0 aliphatic carbocycles. The van der Waals surface area contributed by atoms with Gasteiger partial charge in [0.05, 0.1) is 16.9 Å². The molecule has 0 fully saturated rings. The Labute approximate surface area is 125 Å². The lowest BCUT2D eigenvalue weighted by Crippen LogP contribution is -2.08. The van der Waals surface area contributed by atoms with Crippen LogP contribution in [-0.2, 0) is 11.0 Å².